The Morgan fingerprint density at radius 3 is 1.73 bits per heavy atom. The van der Waals surface area contributed by atoms with Crippen LogP contribution < -0.4 is 0 Å². The fourth-order valence-corrected chi connectivity index (χ4v) is 5.96. The number of aliphatic hydroxyl groups is 1. The lowest BCUT2D eigenvalue weighted by atomic mass is 9.74. The summed E-state index contributed by atoms with van der Waals surface area (Å²) in [5, 5.41) is 12.1. The van der Waals surface area contributed by atoms with Crippen LogP contribution in [-0.2, 0) is 0 Å². The lowest BCUT2D eigenvalue weighted by Gasteiger charge is -2.48. The molecule has 15 heavy (non-hydrogen) atoms. The molecule has 1 heterocycles. The summed E-state index contributed by atoms with van der Waals surface area (Å²) in [6.07, 6.45) is 10.9. The number of fused-ring (bicyclic) bond motifs is 2. The molecule has 0 aromatic heterocycles. The fraction of sp³-hybridized carbons (Fsp3) is 1.00. The van der Waals surface area contributed by atoms with E-state index < -0.39 is 0 Å². The Balaban J connectivity index is 1.76. The van der Waals surface area contributed by atoms with E-state index in [1.54, 1.807) is 0 Å². The summed E-state index contributed by atoms with van der Waals surface area (Å²) in [5.41, 5.74) is 0. The van der Waals surface area contributed by atoms with Gasteiger partial charge in [0, 0.05) is 10.5 Å². The summed E-state index contributed by atoms with van der Waals surface area (Å²) < 4.78 is 0. The van der Waals surface area contributed by atoms with Crippen molar-refractivity contribution in [1.29, 1.82) is 0 Å². The third kappa shape index (κ3) is 1.84. The second kappa shape index (κ2) is 4.29. The highest BCUT2D eigenvalue weighted by atomic mass is 32.2. The predicted octanol–water partition coefficient (Wildman–Crippen LogP) is 3.21. The van der Waals surface area contributed by atoms with Crippen molar-refractivity contribution in [2.45, 2.75) is 68.0 Å². The summed E-state index contributed by atoms with van der Waals surface area (Å²) in [4.78, 5) is 0. The molecule has 1 N–H and O–H groups in total. The van der Waals surface area contributed by atoms with E-state index in [9.17, 15) is 5.11 Å². The molecule has 2 heteroatoms. The maximum atomic E-state index is 10.5. The number of thioether (sulfide) groups is 1. The van der Waals surface area contributed by atoms with Crippen LogP contribution in [0.5, 0.6) is 0 Å². The Bertz CT molecular complexity index is 209. The summed E-state index contributed by atoms with van der Waals surface area (Å²) in [5.74, 6) is 1.28. The number of aliphatic hydroxyl groups excluding tert-OH is 1. The molecule has 0 radical (unpaired) electrons. The first-order chi connectivity index (χ1) is 7.36. The van der Waals surface area contributed by atoms with Crippen LogP contribution in [0.2, 0.25) is 0 Å². The van der Waals surface area contributed by atoms with Crippen LogP contribution in [0, 0.1) is 11.8 Å². The van der Waals surface area contributed by atoms with Gasteiger partial charge in [-0.2, -0.15) is 11.8 Å². The molecule has 1 saturated heterocycles. The molecule has 1 aliphatic heterocycles. The average Bonchev–Trinajstić information content (AvgIpc) is 2.30. The van der Waals surface area contributed by atoms with E-state index in [2.05, 4.69) is 11.8 Å². The second-order valence-electron chi connectivity index (χ2n) is 5.60. The van der Waals surface area contributed by atoms with Gasteiger partial charge in [-0.1, -0.05) is 25.7 Å². The fourth-order valence-electron chi connectivity index (χ4n) is 3.91. The molecule has 3 fully saturated rings. The predicted molar refractivity (Wildman–Crippen MR) is 65.1 cm³/mol. The number of rotatable bonds is 0. The second-order valence-corrected chi connectivity index (χ2v) is 7.08. The lowest BCUT2D eigenvalue weighted by molar-refractivity contribution is 0.0162. The highest BCUT2D eigenvalue weighted by Crippen LogP contribution is 2.50. The smallest absolute Gasteiger partial charge is 0.0617 e. The van der Waals surface area contributed by atoms with Crippen molar-refractivity contribution in [3.05, 3.63) is 0 Å². The molecule has 0 amide bonds. The Kier molecular flexibility index (Phi) is 2.99. The molecule has 1 nitrogen and oxygen atoms in total. The quantitative estimate of drug-likeness (QED) is 0.684. The van der Waals surface area contributed by atoms with Gasteiger partial charge in [-0.3, -0.25) is 0 Å². The van der Waals surface area contributed by atoms with E-state index in [0.717, 1.165) is 10.5 Å². The first-order valence-electron chi connectivity index (χ1n) is 6.70. The van der Waals surface area contributed by atoms with Gasteiger partial charge in [0.2, 0.25) is 0 Å². The highest BCUT2D eigenvalue weighted by molar-refractivity contribution is 8.00. The molecule has 0 aromatic carbocycles. The van der Waals surface area contributed by atoms with E-state index in [0.29, 0.717) is 11.8 Å². The normalized spacial score (nSPS) is 50.6. The zero-order chi connectivity index (χ0) is 10.3. The Hall–Kier alpha value is 0.310. The monoisotopic (exact) mass is 226 g/mol. The molecular formula is C13H22OS. The van der Waals surface area contributed by atoms with Crippen LogP contribution in [0.1, 0.15) is 51.4 Å². The molecule has 0 aromatic rings. The first kappa shape index (κ1) is 10.5. The molecule has 4 atom stereocenters. The molecule has 86 valence electrons. The van der Waals surface area contributed by atoms with E-state index >= 15 is 0 Å². The Labute approximate surface area is 97.0 Å². The number of hydrogen-bond acceptors (Lipinski definition) is 2. The highest BCUT2D eigenvalue weighted by Gasteiger charge is 2.45. The molecule has 0 bridgehead atoms. The van der Waals surface area contributed by atoms with Gasteiger partial charge in [0.25, 0.3) is 0 Å². The Morgan fingerprint density at radius 2 is 1.20 bits per heavy atom. The van der Waals surface area contributed by atoms with Crippen LogP contribution >= 0.6 is 11.8 Å². The van der Waals surface area contributed by atoms with Crippen molar-refractivity contribution < 1.29 is 5.11 Å². The van der Waals surface area contributed by atoms with Crippen LogP contribution in [0.3, 0.4) is 0 Å². The molecule has 2 aliphatic carbocycles. The zero-order valence-corrected chi connectivity index (χ0v) is 10.2. The number of hydrogen-bond donors (Lipinski definition) is 1. The minimum absolute atomic E-state index is 0.0434. The van der Waals surface area contributed by atoms with Crippen LogP contribution in [0.15, 0.2) is 0 Å². The lowest BCUT2D eigenvalue weighted by Crippen LogP contribution is -2.48. The summed E-state index contributed by atoms with van der Waals surface area (Å²) >= 11 is 2.24. The van der Waals surface area contributed by atoms with Crippen LogP contribution in [0.4, 0.5) is 0 Å². The SMILES string of the molecule is OC1C2CCCCC2SC2CCCCC21. The third-order valence-corrected chi connectivity index (χ3v) is 6.60. The van der Waals surface area contributed by atoms with Crippen molar-refractivity contribution >= 4 is 11.8 Å². The third-order valence-electron chi connectivity index (χ3n) is 4.73. The van der Waals surface area contributed by atoms with Gasteiger partial charge < -0.3 is 5.11 Å². The maximum Gasteiger partial charge on any atom is 0.0617 e. The molecular weight excluding hydrogens is 204 g/mol. The van der Waals surface area contributed by atoms with Crippen molar-refractivity contribution in [3.8, 4) is 0 Å². The van der Waals surface area contributed by atoms with Gasteiger partial charge in [-0.05, 0) is 37.5 Å². The van der Waals surface area contributed by atoms with Gasteiger partial charge in [-0.25, -0.2) is 0 Å². The molecule has 2 saturated carbocycles. The summed E-state index contributed by atoms with van der Waals surface area (Å²) in [7, 11) is 0. The minimum atomic E-state index is 0.0434. The van der Waals surface area contributed by atoms with E-state index in [1.165, 1.54) is 51.4 Å². The van der Waals surface area contributed by atoms with Gasteiger partial charge >= 0.3 is 0 Å². The van der Waals surface area contributed by atoms with Crippen molar-refractivity contribution in [2.24, 2.45) is 11.8 Å². The van der Waals surface area contributed by atoms with Crippen molar-refractivity contribution in [2.75, 3.05) is 0 Å². The van der Waals surface area contributed by atoms with Crippen LogP contribution in [-0.4, -0.2) is 21.7 Å². The van der Waals surface area contributed by atoms with E-state index in [4.69, 9.17) is 0 Å². The summed E-state index contributed by atoms with van der Waals surface area (Å²) in [6.45, 7) is 0. The van der Waals surface area contributed by atoms with Gasteiger partial charge in [-0.15, -0.1) is 0 Å². The van der Waals surface area contributed by atoms with Gasteiger partial charge in [0.15, 0.2) is 0 Å². The largest absolute Gasteiger partial charge is 0.392 e. The van der Waals surface area contributed by atoms with Gasteiger partial charge in [0.1, 0.15) is 0 Å². The first-order valence-corrected chi connectivity index (χ1v) is 7.64. The van der Waals surface area contributed by atoms with Crippen molar-refractivity contribution in [1.82, 2.24) is 0 Å². The van der Waals surface area contributed by atoms with E-state index in [-0.39, 0.29) is 6.10 Å². The maximum absolute atomic E-state index is 10.5. The molecule has 0 spiro atoms. The molecule has 3 rings (SSSR count). The topological polar surface area (TPSA) is 20.2 Å². The zero-order valence-electron chi connectivity index (χ0n) is 9.40. The van der Waals surface area contributed by atoms with E-state index in [1.807, 2.05) is 0 Å². The molecule has 3 aliphatic rings. The minimum Gasteiger partial charge on any atom is -0.392 e. The average molecular weight is 226 g/mol. The van der Waals surface area contributed by atoms with Crippen LogP contribution in [0.25, 0.3) is 0 Å². The summed E-state index contributed by atoms with van der Waals surface area (Å²) in [6, 6.07) is 0. The van der Waals surface area contributed by atoms with Gasteiger partial charge in [0.05, 0.1) is 6.10 Å². The van der Waals surface area contributed by atoms with Crippen molar-refractivity contribution in [3.63, 3.8) is 0 Å². The standard InChI is InChI=1S/C13H22OS/c14-13-9-5-1-3-7-11(9)15-12-8-4-2-6-10(12)13/h9-14H,1-8H2. The molecule has 4 unspecified atom stereocenters. The Morgan fingerprint density at radius 1 is 0.733 bits per heavy atom.